The lowest BCUT2D eigenvalue weighted by Crippen LogP contribution is -2.43. The summed E-state index contributed by atoms with van der Waals surface area (Å²) in [5, 5.41) is 8.91. The van der Waals surface area contributed by atoms with Crippen molar-refractivity contribution in [1.29, 1.82) is 0 Å². The topological polar surface area (TPSA) is 43.8 Å². The highest BCUT2D eigenvalue weighted by atomic mass is 16.4. The predicted molar refractivity (Wildman–Crippen MR) is 69.3 cm³/mol. The van der Waals surface area contributed by atoms with Crippen LogP contribution in [0.2, 0.25) is 0 Å². The first kappa shape index (κ1) is 14.5. The molecule has 0 radical (unpaired) electrons. The number of hydrogen-bond donors (Lipinski definition) is 1. The zero-order chi connectivity index (χ0) is 12.7. The number of hydrogen-bond acceptors (Lipinski definition) is 3. The van der Waals surface area contributed by atoms with Gasteiger partial charge >= 0.3 is 5.97 Å². The molecule has 0 aromatic rings. The molecule has 0 amide bonds. The maximum Gasteiger partial charge on any atom is 0.317 e. The zero-order valence-corrected chi connectivity index (χ0v) is 11.2. The Morgan fingerprint density at radius 1 is 1.35 bits per heavy atom. The minimum atomic E-state index is -0.719. The number of carboxylic acid groups (broad SMARTS) is 1. The van der Waals surface area contributed by atoms with Crippen LogP contribution < -0.4 is 0 Å². The van der Waals surface area contributed by atoms with E-state index in [-0.39, 0.29) is 6.54 Å². The van der Waals surface area contributed by atoms with Crippen molar-refractivity contribution < 1.29 is 9.90 Å². The van der Waals surface area contributed by atoms with Gasteiger partial charge in [-0.1, -0.05) is 13.3 Å². The molecule has 1 rings (SSSR count). The van der Waals surface area contributed by atoms with Crippen LogP contribution in [-0.4, -0.2) is 59.6 Å². The van der Waals surface area contributed by atoms with Gasteiger partial charge in [0.1, 0.15) is 0 Å². The van der Waals surface area contributed by atoms with Gasteiger partial charge in [0, 0.05) is 19.1 Å². The van der Waals surface area contributed by atoms with Crippen LogP contribution in [0.5, 0.6) is 0 Å². The average Bonchev–Trinajstić information content (AvgIpc) is 2.34. The lowest BCUT2D eigenvalue weighted by Gasteiger charge is -2.32. The molecule has 0 aromatic carbocycles. The van der Waals surface area contributed by atoms with Gasteiger partial charge in [-0.15, -0.1) is 0 Å². The van der Waals surface area contributed by atoms with Crippen molar-refractivity contribution in [2.24, 2.45) is 0 Å². The first-order valence-corrected chi connectivity index (χ1v) is 6.81. The van der Waals surface area contributed by atoms with E-state index in [1.54, 1.807) is 0 Å². The van der Waals surface area contributed by atoms with Gasteiger partial charge in [0.25, 0.3) is 0 Å². The molecule has 0 aromatic heterocycles. The van der Waals surface area contributed by atoms with Crippen molar-refractivity contribution in [3.8, 4) is 0 Å². The maximum absolute atomic E-state index is 10.8. The molecule has 17 heavy (non-hydrogen) atoms. The van der Waals surface area contributed by atoms with Gasteiger partial charge in [0.2, 0.25) is 0 Å². The predicted octanol–water partition coefficient (Wildman–Crippen LogP) is 1.66. The first-order chi connectivity index (χ1) is 8.13. The molecule has 0 spiro atoms. The van der Waals surface area contributed by atoms with Crippen molar-refractivity contribution in [1.82, 2.24) is 9.80 Å². The van der Waals surface area contributed by atoms with Crippen LogP contribution in [0.25, 0.3) is 0 Å². The van der Waals surface area contributed by atoms with Crippen molar-refractivity contribution in [3.63, 3.8) is 0 Å². The Morgan fingerprint density at radius 2 is 2.00 bits per heavy atom. The van der Waals surface area contributed by atoms with Crippen LogP contribution in [-0.2, 0) is 4.79 Å². The Bertz CT molecular complexity index is 227. The Balaban J connectivity index is 2.33. The van der Waals surface area contributed by atoms with Crippen LogP contribution in [0.15, 0.2) is 0 Å². The van der Waals surface area contributed by atoms with Gasteiger partial charge in [-0.25, -0.2) is 0 Å². The summed E-state index contributed by atoms with van der Waals surface area (Å²) in [6.07, 6.45) is 4.94. The Morgan fingerprint density at radius 3 is 2.53 bits per heavy atom. The second-order valence-corrected chi connectivity index (χ2v) is 5.02. The second kappa shape index (κ2) is 7.67. The molecule has 0 bridgehead atoms. The molecule has 4 heteroatoms. The van der Waals surface area contributed by atoms with Crippen molar-refractivity contribution in [3.05, 3.63) is 0 Å². The van der Waals surface area contributed by atoms with Crippen LogP contribution >= 0.6 is 0 Å². The van der Waals surface area contributed by atoms with E-state index in [1.807, 2.05) is 0 Å². The minimum Gasteiger partial charge on any atom is -0.480 e. The van der Waals surface area contributed by atoms with E-state index in [0.29, 0.717) is 6.04 Å². The number of aliphatic carboxylic acids is 1. The third kappa shape index (κ3) is 5.50. The third-order valence-electron chi connectivity index (χ3n) is 3.70. The number of carbonyl (C=O) groups is 1. The SMILES string of the molecule is CCC(C)N(CCN1CCCCC1)CC(=O)O. The number of piperidine rings is 1. The van der Waals surface area contributed by atoms with E-state index < -0.39 is 5.97 Å². The summed E-state index contributed by atoms with van der Waals surface area (Å²) < 4.78 is 0. The number of carboxylic acids is 1. The Hall–Kier alpha value is -0.610. The fourth-order valence-corrected chi connectivity index (χ4v) is 2.34. The quantitative estimate of drug-likeness (QED) is 0.737. The molecule has 1 aliphatic rings. The van der Waals surface area contributed by atoms with E-state index >= 15 is 0 Å². The normalized spacial score (nSPS) is 19.5. The van der Waals surface area contributed by atoms with Crippen LogP contribution in [0.4, 0.5) is 0 Å². The summed E-state index contributed by atoms with van der Waals surface area (Å²) in [5.41, 5.74) is 0. The van der Waals surface area contributed by atoms with Crippen LogP contribution in [0.1, 0.15) is 39.5 Å². The number of likely N-dealkylation sites (tertiary alicyclic amines) is 1. The Kier molecular flexibility index (Phi) is 6.52. The van der Waals surface area contributed by atoms with E-state index in [9.17, 15) is 4.79 Å². The Labute approximate surface area is 105 Å². The lowest BCUT2D eigenvalue weighted by atomic mass is 10.1. The van der Waals surface area contributed by atoms with Gasteiger partial charge in [0.05, 0.1) is 6.54 Å². The van der Waals surface area contributed by atoms with Gasteiger partial charge in [-0.3, -0.25) is 9.69 Å². The molecule has 1 saturated heterocycles. The molecule has 1 fully saturated rings. The van der Waals surface area contributed by atoms with Crippen molar-refractivity contribution >= 4 is 5.97 Å². The highest BCUT2D eigenvalue weighted by Crippen LogP contribution is 2.09. The largest absolute Gasteiger partial charge is 0.480 e. The van der Waals surface area contributed by atoms with Crippen LogP contribution in [0, 0.1) is 0 Å². The smallest absolute Gasteiger partial charge is 0.317 e. The molecular formula is C13H26N2O2. The van der Waals surface area contributed by atoms with E-state index in [1.165, 1.54) is 32.4 Å². The van der Waals surface area contributed by atoms with Gasteiger partial charge in [0.15, 0.2) is 0 Å². The first-order valence-electron chi connectivity index (χ1n) is 6.81. The van der Waals surface area contributed by atoms with E-state index in [0.717, 1.165) is 19.5 Å². The summed E-state index contributed by atoms with van der Waals surface area (Å²) >= 11 is 0. The van der Waals surface area contributed by atoms with Gasteiger partial charge in [-0.2, -0.15) is 0 Å². The average molecular weight is 242 g/mol. The molecule has 100 valence electrons. The second-order valence-electron chi connectivity index (χ2n) is 5.02. The molecular weight excluding hydrogens is 216 g/mol. The summed E-state index contributed by atoms with van der Waals surface area (Å²) in [5.74, 6) is -0.719. The minimum absolute atomic E-state index is 0.169. The monoisotopic (exact) mass is 242 g/mol. The van der Waals surface area contributed by atoms with Crippen molar-refractivity contribution in [2.75, 3.05) is 32.7 Å². The van der Waals surface area contributed by atoms with E-state index in [2.05, 4.69) is 23.6 Å². The highest BCUT2D eigenvalue weighted by molar-refractivity contribution is 5.69. The highest BCUT2D eigenvalue weighted by Gasteiger charge is 2.17. The lowest BCUT2D eigenvalue weighted by molar-refractivity contribution is -0.138. The number of nitrogens with zero attached hydrogens (tertiary/aromatic N) is 2. The van der Waals surface area contributed by atoms with Gasteiger partial charge < -0.3 is 10.0 Å². The molecule has 1 heterocycles. The van der Waals surface area contributed by atoms with E-state index in [4.69, 9.17) is 5.11 Å². The summed E-state index contributed by atoms with van der Waals surface area (Å²) in [6, 6.07) is 0.357. The third-order valence-corrected chi connectivity index (χ3v) is 3.70. The molecule has 1 aliphatic heterocycles. The fourth-order valence-electron chi connectivity index (χ4n) is 2.34. The zero-order valence-electron chi connectivity index (χ0n) is 11.2. The molecule has 0 saturated carbocycles. The fraction of sp³-hybridized carbons (Fsp3) is 0.923. The van der Waals surface area contributed by atoms with Gasteiger partial charge in [-0.05, 0) is 39.3 Å². The molecule has 1 atom stereocenters. The number of rotatable bonds is 7. The molecule has 0 aliphatic carbocycles. The molecule has 1 N–H and O–H groups in total. The molecule has 4 nitrogen and oxygen atoms in total. The summed E-state index contributed by atoms with van der Waals surface area (Å²) in [7, 11) is 0. The molecule has 1 unspecified atom stereocenters. The van der Waals surface area contributed by atoms with Crippen molar-refractivity contribution in [2.45, 2.75) is 45.6 Å². The summed E-state index contributed by atoms with van der Waals surface area (Å²) in [4.78, 5) is 15.4. The maximum atomic E-state index is 10.8. The van der Waals surface area contributed by atoms with Crippen LogP contribution in [0.3, 0.4) is 0 Å². The summed E-state index contributed by atoms with van der Waals surface area (Å²) in [6.45, 7) is 8.64. The standard InChI is InChI=1S/C13H26N2O2/c1-3-12(2)15(11-13(16)17)10-9-14-7-5-4-6-8-14/h12H,3-11H2,1-2H3,(H,16,17).